The van der Waals surface area contributed by atoms with Crippen molar-refractivity contribution < 1.29 is 4.79 Å². The van der Waals surface area contributed by atoms with Crippen molar-refractivity contribution in [2.45, 2.75) is 33.2 Å². The highest BCUT2D eigenvalue weighted by molar-refractivity contribution is 6.30. The van der Waals surface area contributed by atoms with Gasteiger partial charge in [0.25, 0.3) is 0 Å². The number of carbonyl (C=O) groups is 1. The number of carbonyl (C=O) groups excluding carboxylic acids is 1. The van der Waals surface area contributed by atoms with E-state index < -0.39 is 6.04 Å². The second-order valence-corrected chi connectivity index (χ2v) is 10.2. The molecule has 2 aromatic heterocycles. The number of halogens is 1. The second-order valence-electron chi connectivity index (χ2n) is 9.72. The van der Waals surface area contributed by atoms with Gasteiger partial charge in [0.15, 0.2) is 5.78 Å². The van der Waals surface area contributed by atoms with Crippen molar-refractivity contribution in [3.63, 3.8) is 0 Å². The van der Waals surface area contributed by atoms with E-state index in [2.05, 4.69) is 51.9 Å². The van der Waals surface area contributed by atoms with Crippen molar-refractivity contribution in [2.24, 2.45) is 0 Å². The number of pyridine rings is 1. The predicted molar refractivity (Wildman–Crippen MR) is 151 cm³/mol. The summed E-state index contributed by atoms with van der Waals surface area (Å²) >= 11 is 5.95. The van der Waals surface area contributed by atoms with Crippen LogP contribution in [0.5, 0.6) is 0 Å². The quantitative estimate of drug-likeness (QED) is 0.318. The number of nitrogens with zero attached hydrogens (tertiary/aromatic N) is 6. The molecule has 38 heavy (non-hydrogen) atoms. The van der Waals surface area contributed by atoms with Crippen LogP contribution < -0.4 is 15.5 Å². The number of benzene rings is 2. The minimum atomic E-state index is -0.703. The Morgan fingerprint density at radius 1 is 0.921 bits per heavy atom. The maximum atomic E-state index is 13.2. The molecule has 0 amide bonds. The molecule has 0 radical (unpaired) electrons. The predicted octanol–water partition coefficient (Wildman–Crippen LogP) is 4.86. The first-order valence-electron chi connectivity index (χ1n) is 12.8. The third-order valence-corrected chi connectivity index (χ3v) is 7.24. The summed E-state index contributed by atoms with van der Waals surface area (Å²) in [4.78, 5) is 35.6. The van der Waals surface area contributed by atoms with E-state index in [-0.39, 0.29) is 11.5 Å². The molecule has 196 valence electrons. The molecule has 1 unspecified atom stereocenters. The zero-order chi connectivity index (χ0) is 26.8. The van der Waals surface area contributed by atoms with Gasteiger partial charge in [0.05, 0.1) is 11.9 Å². The lowest BCUT2D eigenvalue weighted by atomic mass is 10.0. The van der Waals surface area contributed by atoms with Gasteiger partial charge in [-0.3, -0.25) is 4.79 Å². The van der Waals surface area contributed by atoms with Gasteiger partial charge in [0.1, 0.15) is 18.2 Å². The number of hydrogen-bond acceptors (Lipinski definition) is 6. The summed E-state index contributed by atoms with van der Waals surface area (Å²) in [6, 6.07) is 16.4. The first kappa shape index (κ1) is 25.7. The zero-order valence-corrected chi connectivity index (χ0v) is 22.6. The lowest BCUT2D eigenvalue weighted by Crippen LogP contribution is -2.46. The van der Waals surface area contributed by atoms with Gasteiger partial charge in [-0.05, 0) is 79.9 Å². The first-order valence-corrected chi connectivity index (χ1v) is 13.2. The number of ketones is 1. The fourth-order valence-corrected chi connectivity index (χ4v) is 5.14. The topological polar surface area (TPSA) is 76.3 Å². The highest BCUT2D eigenvalue weighted by Crippen LogP contribution is 2.23. The van der Waals surface area contributed by atoms with E-state index >= 15 is 0 Å². The van der Waals surface area contributed by atoms with E-state index in [9.17, 15) is 9.59 Å². The molecule has 0 spiro atoms. The third-order valence-electron chi connectivity index (χ3n) is 6.99. The van der Waals surface area contributed by atoms with Gasteiger partial charge in [0.2, 0.25) is 0 Å². The van der Waals surface area contributed by atoms with E-state index in [0.29, 0.717) is 22.7 Å². The zero-order valence-electron chi connectivity index (χ0n) is 21.8. The fourth-order valence-electron chi connectivity index (χ4n) is 5.02. The Morgan fingerprint density at radius 3 is 2.18 bits per heavy atom. The number of Topliss-reactive ketones (excluding diaryl/α,β-unsaturated/α-hetero) is 1. The molecule has 1 aliphatic rings. The van der Waals surface area contributed by atoms with E-state index in [1.807, 2.05) is 19.1 Å². The van der Waals surface area contributed by atoms with Crippen molar-refractivity contribution in [3.05, 3.63) is 99.3 Å². The Kier molecular flexibility index (Phi) is 7.33. The number of hydrogen-bond donors (Lipinski definition) is 0. The minimum absolute atomic E-state index is 0.176. The van der Waals surface area contributed by atoms with E-state index in [1.165, 1.54) is 32.4 Å². The Balaban J connectivity index is 1.28. The van der Waals surface area contributed by atoms with Crippen LogP contribution in [-0.2, 0) is 0 Å². The summed E-state index contributed by atoms with van der Waals surface area (Å²) in [5.41, 5.74) is 4.53. The van der Waals surface area contributed by atoms with Gasteiger partial charge in [-0.2, -0.15) is 5.10 Å². The van der Waals surface area contributed by atoms with Crippen LogP contribution in [0.2, 0.25) is 5.02 Å². The second kappa shape index (κ2) is 10.8. The average Bonchev–Trinajstić information content (AvgIpc) is 3.30. The van der Waals surface area contributed by atoms with Crippen LogP contribution >= 0.6 is 11.6 Å². The van der Waals surface area contributed by atoms with E-state index in [1.54, 1.807) is 30.5 Å². The summed E-state index contributed by atoms with van der Waals surface area (Å²) in [6.45, 7) is 9.68. The molecule has 0 saturated carbocycles. The number of aromatic nitrogens is 4. The van der Waals surface area contributed by atoms with Crippen molar-refractivity contribution in [3.8, 4) is 5.69 Å². The van der Waals surface area contributed by atoms with Gasteiger partial charge in [-0.1, -0.05) is 24.6 Å². The highest BCUT2D eigenvalue weighted by Gasteiger charge is 2.24. The lowest BCUT2D eigenvalue weighted by Gasteiger charge is -2.37. The molecule has 9 heteroatoms. The summed E-state index contributed by atoms with van der Waals surface area (Å²) in [5, 5.41) is 4.82. The summed E-state index contributed by atoms with van der Waals surface area (Å²) < 4.78 is 2.67. The van der Waals surface area contributed by atoms with Crippen molar-refractivity contribution in [2.75, 3.05) is 36.0 Å². The van der Waals surface area contributed by atoms with Crippen LogP contribution in [-0.4, -0.2) is 51.3 Å². The van der Waals surface area contributed by atoms with Gasteiger partial charge in [-0.15, -0.1) is 0 Å². The summed E-state index contributed by atoms with van der Waals surface area (Å²) in [6.07, 6.45) is 3.56. The van der Waals surface area contributed by atoms with Crippen LogP contribution in [0.3, 0.4) is 0 Å². The van der Waals surface area contributed by atoms with Crippen LogP contribution in [0.15, 0.2) is 71.9 Å². The van der Waals surface area contributed by atoms with Crippen LogP contribution in [0.1, 0.15) is 40.9 Å². The van der Waals surface area contributed by atoms with E-state index in [0.717, 1.165) is 32.0 Å². The Hall–Kier alpha value is -3.91. The molecule has 1 saturated heterocycles. The average molecular weight is 531 g/mol. The first-order chi connectivity index (χ1) is 18.3. The molecule has 5 rings (SSSR count). The number of rotatable bonds is 7. The smallest absolute Gasteiger partial charge is 0.351 e. The number of aryl methyl sites for hydroxylation is 2. The molecular formula is C29H31ClN6O2. The van der Waals surface area contributed by atoms with Crippen molar-refractivity contribution >= 4 is 28.9 Å². The molecule has 4 aromatic rings. The Bertz CT molecular complexity index is 1460. The maximum Gasteiger partial charge on any atom is 0.351 e. The molecule has 8 nitrogen and oxygen atoms in total. The van der Waals surface area contributed by atoms with E-state index in [4.69, 9.17) is 11.6 Å². The molecule has 1 aliphatic heterocycles. The summed E-state index contributed by atoms with van der Waals surface area (Å²) in [5.74, 6) is 0.698. The third kappa shape index (κ3) is 5.22. The van der Waals surface area contributed by atoms with Crippen molar-refractivity contribution in [1.29, 1.82) is 0 Å². The molecule has 1 atom stereocenters. The molecular weight excluding hydrogens is 500 g/mol. The number of piperazine rings is 1. The van der Waals surface area contributed by atoms with Gasteiger partial charge in [-0.25, -0.2) is 19.0 Å². The Labute approximate surface area is 227 Å². The standard InChI is InChI=1S/C29H31ClN6O2/c1-4-26(28(37)22-5-7-23(30)8-6-22)36-29(38)35(19-32-36)24-9-10-27(31-18-24)34-13-11-33(12-14-34)25-16-20(2)15-21(3)17-25/h5-10,15-19,26H,4,11-14H2,1-3H3. The highest BCUT2D eigenvalue weighted by atomic mass is 35.5. The minimum Gasteiger partial charge on any atom is -0.368 e. The van der Waals surface area contributed by atoms with Crippen LogP contribution in [0.25, 0.3) is 5.69 Å². The molecule has 0 N–H and O–H groups in total. The monoisotopic (exact) mass is 530 g/mol. The Morgan fingerprint density at radius 2 is 1.58 bits per heavy atom. The fraction of sp³-hybridized carbons (Fsp3) is 0.310. The summed E-state index contributed by atoms with van der Waals surface area (Å²) in [7, 11) is 0. The SMILES string of the molecule is CCC(C(=O)c1ccc(Cl)cc1)n1ncn(-c2ccc(N3CCN(c4cc(C)cc(C)c4)CC3)nc2)c1=O. The maximum absolute atomic E-state index is 13.2. The molecule has 1 fully saturated rings. The molecule has 3 heterocycles. The molecule has 2 aromatic carbocycles. The van der Waals surface area contributed by atoms with Crippen LogP contribution in [0.4, 0.5) is 11.5 Å². The van der Waals surface area contributed by atoms with Gasteiger partial charge in [0, 0.05) is 42.5 Å². The molecule has 0 aliphatic carbocycles. The van der Waals surface area contributed by atoms with Gasteiger partial charge >= 0.3 is 5.69 Å². The molecule has 0 bridgehead atoms. The normalized spacial score (nSPS) is 14.5. The van der Waals surface area contributed by atoms with Crippen LogP contribution in [0, 0.1) is 13.8 Å². The lowest BCUT2D eigenvalue weighted by molar-refractivity contribution is 0.0911. The van der Waals surface area contributed by atoms with Crippen molar-refractivity contribution in [1.82, 2.24) is 19.3 Å². The van der Waals surface area contributed by atoms with Gasteiger partial charge < -0.3 is 9.80 Å². The largest absolute Gasteiger partial charge is 0.368 e. The number of anilines is 2.